The zero-order valence-electron chi connectivity index (χ0n) is 10.3. The Morgan fingerprint density at radius 1 is 1.63 bits per heavy atom. The van der Waals surface area contributed by atoms with Crippen molar-refractivity contribution in [2.75, 3.05) is 18.5 Å². The number of carbonyl (C=O) groups excluding carboxylic acids is 2. The Labute approximate surface area is 109 Å². The highest BCUT2D eigenvalue weighted by atomic mass is 16.5. The van der Waals surface area contributed by atoms with Crippen LogP contribution in [0, 0.1) is 0 Å². The van der Waals surface area contributed by atoms with Gasteiger partial charge in [-0.15, -0.1) is 0 Å². The normalized spacial score (nSPS) is 25.8. The quantitative estimate of drug-likeness (QED) is 0.764. The van der Waals surface area contributed by atoms with Crippen molar-refractivity contribution in [3.63, 3.8) is 0 Å². The first-order valence-corrected chi connectivity index (χ1v) is 6.32. The average Bonchev–Trinajstić information content (AvgIpc) is 3.05. The van der Waals surface area contributed by atoms with Gasteiger partial charge in [0.15, 0.2) is 0 Å². The lowest BCUT2D eigenvalue weighted by molar-refractivity contribution is -0.129. The average molecular weight is 265 g/mol. The Kier molecular flexibility index (Phi) is 3.16. The molecule has 8 heteroatoms. The zero-order chi connectivity index (χ0) is 13.2. The molecule has 2 amide bonds. The lowest BCUT2D eigenvalue weighted by Gasteiger charge is -2.23. The van der Waals surface area contributed by atoms with Crippen LogP contribution < -0.4 is 10.6 Å². The minimum absolute atomic E-state index is 0.0771. The summed E-state index contributed by atoms with van der Waals surface area (Å²) in [6.07, 6.45) is 3.46. The highest BCUT2D eigenvalue weighted by Crippen LogP contribution is 2.21. The summed E-state index contributed by atoms with van der Waals surface area (Å²) in [5.41, 5.74) is 0. The molecule has 2 aliphatic heterocycles. The van der Waals surface area contributed by atoms with E-state index in [1.54, 1.807) is 0 Å². The van der Waals surface area contributed by atoms with E-state index in [2.05, 4.69) is 20.7 Å². The molecule has 2 aliphatic rings. The van der Waals surface area contributed by atoms with Crippen LogP contribution >= 0.6 is 0 Å². The highest BCUT2D eigenvalue weighted by molar-refractivity contribution is 5.95. The first-order chi connectivity index (χ1) is 9.24. The van der Waals surface area contributed by atoms with E-state index < -0.39 is 6.04 Å². The molecule has 1 fully saturated rings. The second kappa shape index (κ2) is 4.96. The van der Waals surface area contributed by atoms with E-state index in [-0.39, 0.29) is 24.3 Å². The molecule has 0 saturated carbocycles. The molecule has 0 radical (unpaired) electrons. The van der Waals surface area contributed by atoms with Gasteiger partial charge in [-0.25, -0.2) is 4.68 Å². The van der Waals surface area contributed by atoms with Crippen LogP contribution in [0.25, 0.3) is 0 Å². The fraction of sp³-hybridized carbons (Fsp3) is 0.636. The Bertz CT molecular complexity index is 494. The van der Waals surface area contributed by atoms with Crippen molar-refractivity contribution in [2.24, 2.45) is 0 Å². The Hall–Kier alpha value is -1.96. The minimum Gasteiger partial charge on any atom is -0.376 e. The van der Waals surface area contributed by atoms with Crippen LogP contribution in [0.4, 0.5) is 5.95 Å². The fourth-order valence-electron chi connectivity index (χ4n) is 2.35. The number of nitrogens with zero attached hydrogens (tertiary/aromatic N) is 3. The molecule has 0 spiro atoms. The molecule has 1 saturated heterocycles. The summed E-state index contributed by atoms with van der Waals surface area (Å²) in [5.74, 6) is -0.136. The van der Waals surface area contributed by atoms with Crippen molar-refractivity contribution in [1.29, 1.82) is 0 Å². The maximum atomic E-state index is 12.1. The maximum absolute atomic E-state index is 12.1. The van der Waals surface area contributed by atoms with Gasteiger partial charge in [0.25, 0.3) is 0 Å². The summed E-state index contributed by atoms with van der Waals surface area (Å²) in [5, 5.41) is 9.35. The first kappa shape index (κ1) is 12.1. The van der Waals surface area contributed by atoms with Gasteiger partial charge in [-0.05, 0) is 12.8 Å². The Balaban J connectivity index is 1.65. The highest BCUT2D eigenvalue weighted by Gasteiger charge is 2.32. The molecule has 2 atom stereocenters. The van der Waals surface area contributed by atoms with E-state index in [9.17, 15) is 9.59 Å². The largest absolute Gasteiger partial charge is 0.376 e. The van der Waals surface area contributed by atoms with Crippen LogP contribution in [0.3, 0.4) is 0 Å². The van der Waals surface area contributed by atoms with Crippen molar-refractivity contribution in [3.8, 4) is 0 Å². The summed E-state index contributed by atoms with van der Waals surface area (Å²) in [6, 6.07) is -0.632. The third-order valence-electron chi connectivity index (χ3n) is 3.33. The monoisotopic (exact) mass is 265 g/mol. The summed E-state index contributed by atoms with van der Waals surface area (Å²) in [7, 11) is 0. The molecule has 0 bridgehead atoms. The predicted octanol–water partition coefficient (Wildman–Crippen LogP) is -0.543. The van der Waals surface area contributed by atoms with E-state index >= 15 is 0 Å². The lowest BCUT2D eigenvalue weighted by Crippen LogP contribution is -2.41. The van der Waals surface area contributed by atoms with E-state index in [0.717, 1.165) is 19.4 Å². The zero-order valence-corrected chi connectivity index (χ0v) is 10.3. The van der Waals surface area contributed by atoms with Crippen molar-refractivity contribution in [1.82, 2.24) is 20.1 Å². The number of carbonyl (C=O) groups is 2. The van der Waals surface area contributed by atoms with Crippen LogP contribution in [-0.2, 0) is 14.3 Å². The van der Waals surface area contributed by atoms with Gasteiger partial charge in [0.05, 0.1) is 12.5 Å². The predicted molar refractivity (Wildman–Crippen MR) is 64.3 cm³/mol. The second-order valence-electron chi connectivity index (χ2n) is 4.68. The van der Waals surface area contributed by atoms with Gasteiger partial charge in [0, 0.05) is 13.2 Å². The minimum atomic E-state index is -0.632. The van der Waals surface area contributed by atoms with Gasteiger partial charge in [-0.3, -0.25) is 14.9 Å². The number of amides is 2. The smallest absolute Gasteiger partial charge is 0.245 e. The van der Waals surface area contributed by atoms with Crippen LogP contribution in [0.15, 0.2) is 6.33 Å². The molecular weight excluding hydrogens is 250 g/mol. The lowest BCUT2D eigenvalue weighted by atomic mass is 10.1. The molecule has 0 aliphatic carbocycles. The first-order valence-electron chi connectivity index (χ1n) is 6.32. The number of fused-ring (bicyclic) bond motifs is 1. The molecule has 0 unspecified atom stereocenters. The molecule has 102 valence electrons. The molecule has 0 aromatic carbocycles. The fourth-order valence-corrected chi connectivity index (χ4v) is 2.35. The molecule has 8 nitrogen and oxygen atoms in total. The van der Waals surface area contributed by atoms with E-state index in [1.807, 2.05) is 0 Å². The van der Waals surface area contributed by atoms with E-state index in [1.165, 1.54) is 11.0 Å². The van der Waals surface area contributed by atoms with Gasteiger partial charge in [0.1, 0.15) is 12.4 Å². The van der Waals surface area contributed by atoms with Gasteiger partial charge >= 0.3 is 0 Å². The molecule has 1 aromatic rings. The summed E-state index contributed by atoms with van der Waals surface area (Å²) in [6.45, 7) is 1.22. The van der Waals surface area contributed by atoms with Crippen LogP contribution in [0.1, 0.15) is 25.3 Å². The van der Waals surface area contributed by atoms with Gasteiger partial charge < -0.3 is 10.1 Å². The molecule has 1 aromatic heterocycles. The van der Waals surface area contributed by atoms with Crippen LogP contribution in [0.2, 0.25) is 0 Å². The standard InChI is InChI=1S/C11H15N5O3/c17-9-4-8(16-11(15-9)13-6-14-16)10(18)12-5-7-2-1-3-19-7/h6-8H,1-5H2,(H,12,18)(H,13,14,15,17)/t7-,8-/m1/s1. The third-order valence-corrected chi connectivity index (χ3v) is 3.33. The number of rotatable bonds is 3. The number of aromatic nitrogens is 3. The van der Waals surface area contributed by atoms with Crippen molar-refractivity contribution in [2.45, 2.75) is 31.4 Å². The van der Waals surface area contributed by atoms with Crippen molar-refractivity contribution >= 4 is 17.8 Å². The van der Waals surface area contributed by atoms with Gasteiger partial charge in [0.2, 0.25) is 17.8 Å². The van der Waals surface area contributed by atoms with Crippen molar-refractivity contribution < 1.29 is 14.3 Å². The molecule has 3 rings (SSSR count). The van der Waals surface area contributed by atoms with Gasteiger partial charge in [-0.1, -0.05) is 0 Å². The summed E-state index contributed by atoms with van der Waals surface area (Å²) >= 11 is 0. The third kappa shape index (κ3) is 2.43. The Morgan fingerprint density at radius 3 is 3.32 bits per heavy atom. The molecule has 2 N–H and O–H groups in total. The van der Waals surface area contributed by atoms with E-state index in [0.29, 0.717) is 12.5 Å². The number of hydrogen-bond donors (Lipinski definition) is 2. The SMILES string of the molecule is O=C1C[C@H](C(=O)NC[C@H]2CCCO2)n2ncnc2N1. The molecular formula is C11H15N5O3. The maximum Gasteiger partial charge on any atom is 0.245 e. The van der Waals surface area contributed by atoms with Crippen molar-refractivity contribution in [3.05, 3.63) is 6.33 Å². The number of hydrogen-bond acceptors (Lipinski definition) is 5. The summed E-state index contributed by atoms with van der Waals surface area (Å²) < 4.78 is 6.87. The second-order valence-corrected chi connectivity index (χ2v) is 4.68. The topological polar surface area (TPSA) is 98.1 Å². The van der Waals surface area contributed by atoms with Crippen LogP contribution in [-0.4, -0.2) is 45.8 Å². The number of nitrogens with one attached hydrogen (secondary N) is 2. The summed E-state index contributed by atoms with van der Waals surface area (Å²) in [4.78, 5) is 27.5. The number of anilines is 1. The van der Waals surface area contributed by atoms with Crippen LogP contribution in [0.5, 0.6) is 0 Å². The Morgan fingerprint density at radius 2 is 2.53 bits per heavy atom. The number of ether oxygens (including phenoxy) is 1. The molecule has 19 heavy (non-hydrogen) atoms. The van der Waals surface area contributed by atoms with Gasteiger partial charge in [-0.2, -0.15) is 10.1 Å². The van der Waals surface area contributed by atoms with E-state index in [4.69, 9.17) is 4.74 Å². The molecule has 3 heterocycles.